The van der Waals surface area contributed by atoms with Gasteiger partial charge in [0.15, 0.2) is 0 Å². The smallest absolute Gasteiger partial charge is 0.336 e. The number of hydrogen-bond acceptors (Lipinski definition) is 7. The van der Waals surface area contributed by atoms with Crippen LogP contribution in [0.4, 0.5) is 0 Å². The van der Waals surface area contributed by atoms with Crippen LogP contribution in [0.3, 0.4) is 0 Å². The maximum Gasteiger partial charge on any atom is 0.336 e. The Bertz CT molecular complexity index is 937. The molecule has 0 aliphatic rings. The van der Waals surface area contributed by atoms with Crippen molar-refractivity contribution in [2.75, 3.05) is 6.61 Å². The minimum Gasteiger partial charge on any atom is -0.489 e. The first-order valence-corrected chi connectivity index (χ1v) is 10.5. The van der Waals surface area contributed by atoms with Crippen LogP contribution in [0.5, 0.6) is 5.75 Å². The topological polar surface area (TPSA) is 120 Å². The predicted octanol–water partition coefficient (Wildman–Crippen LogP) is 2.92. The molecule has 1 heterocycles. The van der Waals surface area contributed by atoms with Crippen LogP contribution in [0.1, 0.15) is 53.4 Å². The molecule has 7 heteroatoms. The molecule has 31 heavy (non-hydrogen) atoms. The highest BCUT2D eigenvalue weighted by molar-refractivity contribution is 5.77. The summed E-state index contributed by atoms with van der Waals surface area (Å²) in [5.74, 6) is 0.583. The average molecular weight is 435 g/mol. The maximum absolute atomic E-state index is 11.3. The van der Waals surface area contributed by atoms with Crippen molar-refractivity contribution in [2.24, 2.45) is 0 Å². The minimum absolute atomic E-state index is 0.170. The number of rotatable bonds is 11. The second-order valence-electron chi connectivity index (χ2n) is 8.94. The molecule has 0 spiro atoms. The lowest BCUT2D eigenvalue weighted by atomic mass is 9.86. The molecule has 0 bridgehead atoms. The van der Waals surface area contributed by atoms with Crippen molar-refractivity contribution in [1.82, 2.24) is 0 Å². The lowest BCUT2D eigenvalue weighted by molar-refractivity contribution is -0.0946. The van der Waals surface area contributed by atoms with Gasteiger partial charge >= 0.3 is 5.63 Å². The van der Waals surface area contributed by atoms with E-state index >= 15 is 0 Å². The van der Waals surface area contributed by atoms with Gasteiger partial charge in [-0.15, -0.1) is 0 Å². The van der Waals surface area contributed by atoms with E-state index in [2.05, 4.69) is 0 Å². The third-order valence-corrected chi connectivity index (χ3v) is 5.55. The van der Waals surface area contributed by atoms with E-state index in [9.17, 15) is 25.2 Å². The number of allylic oxidation sites excluding steroid dienone is 1. The third kappa shape index (κ3) is 7.78. The summed E-state index contributed by atoms with van der Waals surface area (Å²) in [6, 6.07) is 8.35. The van der Waals surface area contributed by atoms with Gasteiger partial charge in [0.25, 0.3) is 0 Å². The lowest BCUT2D eigenvalue weighted by Crippen LogP contribution is -2.42. The zero-order valence-electron chi connectivity index (χ0n) is 18.7. The van der Waals surface area contributed by atoms with Crippen molar-refractivity contribution in [3.8, 4) is 5.75 Å². The molecule has 0 fully saturated rings. The molecule has 3 atom stereocenters. The summed E-state index contributed by atoms with van der Waals surface area (Å²) in [5, 5.41) is 41.4. The van der Waals surface area contributed by atoms with Gasteiger partial charge in [-0.3, -0.25) is 0 Å². The molecule has 3 unspecified atom stereocenters. The Morgan fingerprint density at radius 1 is 1.10 bits per heavy atom. The zero-order valence-corrected chi connectivity index (χ0v) is 18.7. The fourth-order valence-electron chi connectivity index (χ4n) is 3.14. The van der Waals surface area contributed by atoms with Crippen LogP contribution < -0.4 is 10.4 Å². The van der Waals surface area contributed by atoms with E-state index in [-0.39, 0.29) is 12.8 Å². The fraction of sp³-hybridized carbons (Fsp3) is 0.542. The Hall–Kier alpha value is -2.19. The largest absolute Gasteiger partial charge is 0.489 e. The van der Waals surface area contributed by atoms with E-state index in [1.54, 1.807) is 18.2 Å². The van der Waals surface area contributed by atoms with Crippen LogP contribution in [0.25, 0.3) is 11.0 Å². The van der Waals surface area contributed by atoms with Crippen molar-refractivity contribution < 1.29 is 29.6 Å². The third-order valence-electron chi connectivity index (χ3n) is 5.55. The number of ether oxygens (including phenoxy) is 1. The van der Waals surface area contributed by atoms with Crippen LogP contribution >= 0.6 is 0 Å². The molecule has 0 aliphatic carbocycles. The maximum atomic E-state index is 11.3. The molecular formula is C24H34O7. The number of benzene rings is 1. The van der Waals surface area contributed by atoms with Crippen molar-refractivity contribution in [2.45, 2.75) is 76.8 Å². The van der Waals surface area contributed by atoms with Gasteiger partial charge in [-0.25, -0.2) is 4.79 Å². The fourth-order valence-corrected chi connectivity index (χ4v) is 3.14. The summed E-state index contributed by atoms with van der Waals surface area (Å²) in [6.07, 6.45) is 1.23. The van der Waals surface area contributed by atoms with Gasteiger partial charge < -0.3 is 29.6 Å². The van der Waals surface area contributed by atoms with Crippen molar-refractivity contribution in [3.05, 3.63) is 52.4 Å². The van der Waals surface area contributed by atoms with Crippen molar-refractivity contribution >= 4 is 11.0 Å². The van der Waals surface area contributed by atoms with E-state index in [1.165, 1.54) is 26.8 Å². The molecular weight excluding hydrogens is 400 g/mol. The van der Waals surface area contributed by atoms with Gasteiger partial charge in [0.05, 0.1) is 23.4 Å². The molecule has 7 nitrogen and oxygen atoms in total. The molecule has 0 saturated carbocycles. The van der Waals surface area contributed by atoms with Gasteiger partial charge in [-0.1, -0.05) is 5.57 Å². The highest BCUT2D eigenvalue weighted by Crippen LogP contribution is 2.25. The van der Waals surface area contributed by atoms with Crippen LogP contribution in [-0.4, -0.2) is 50.4 Å². The summed E-state index contributed by atoms with van der Waals surface area (Å²) < 4.78 is 10.8. The summed E-state index contributed by atoms with van der Waals surface area (Å²) in [4.78, 5) is 11.3. The summed E-state index contributed by atoms with van der Waals surface area (Å²) in [5.41, 5.74) is -1.57. The predicted molar refractivity (Wildman–Crippen MR) is 119 cm³/mol. The Morgan fingerprint density at radius 3 is 2.45 bits per heavy atom. The second-order valence-corrected chi connectivity index (χ2v) is 8.94. The SMILES string of the molecule is CC(=CCOc1ccc2ccc(=O)oc2c1)CCC(O)C(C)(O)CCC(O)C(C)(C)O. The monoisotopic (exact) mass is 434 g/mol. The Balaban J connectivity index is 1.82. The molecule has 172 valence electrons. The van der Waals surface area contributed by atoms with Crippen molar-refractivity contribution in [3.63, 3.8) is 0 Å². The van der Waals surface area contributed by atoms with Gasteiger partial charge in [0, 0.05) is 17.5 Å². The van der Waals surface area contributed by atoms with Crippen molar-refractivity contribution in [1.29, 1.82) is 0 Å². The molecule has 0 saturated heterocycles. The van der Waals surface area contributed by atoms with E-state index in [0.717, 1.165) is 11.0 Å². The summed E-state index contributed by atoms with van der Waals surface area (Å²) >= 11 is 0. The number of aliphatic hydroxyl groups is 4. The standard InChI is InChI=1S/C24H34O7/c1-16(5-9-21(26)24(4,29)13-11-20(25)23(2,3)28)12-14-30-18-8-6-17-7-10-22(27)31-19(17)15-18/h6-8,10,12,15,20-21,25-26,28-29H,5,9,11,13-14H2,1-4H3. The second kappa shape index (κ2) is 10.4. The molecule has 0 radical (unpaired) electrons. The highest BCUT2D eigenvalue weighted by atomic mass is 16.5. The van der Waals surface area contributed by atoms with Crippen LogP contribution in [0, 0.1) is 0 Å². The van der Waals surface area contributed by atoms with E-state index in [4.69, 9.17) is 9.15 Å². The normalized spacial score (nSPS) is 16.7. The molecule has 2 rings (SSSR count). The first kappa shape index (κ1) is 25.1. The Labute approximate surface area is 182 Å². The van der Waals surface area contributed by atoms with Crippen LogP contribution in [-0.2, 0) is 0 Å². The summed E-state index contributed by atoms with van der Waals surface area (Å²) in [6.45, 7) is 6.79. The molecule has 0 aliphatic heterocycles. The first-order chi connectivity index (χ1) is 14.4. The zero-order chi connectivity index (χ0) is 23.2. The molecule has 2 aromatic rings. The van der Waals surface area contributed by atoms with E-state index in [0.29, 0.717) is 30.8 Å². The van der Waals surface area contributed by atoms with Crippen LogP contribution in [0.2, 0.25) is 0 Å². The molecule has 0 amide bonds. The van der Waals surface area contributed by atoms with Gasteiger partial charge in [-0.05, 0) is 77.7 Å². The van der Waals surface area contributed by atoms with Crippen LogP contribution in [0.15, 0.2) is 51.2 Å². The number of fused-ring (bicyclic) bond motifs is 1. The van der Waals surface area contributed by atoms with Gasteiger partial charge in [0.2, 0.25) is 0 Å². The molecule has 1 aromatic heterocycles. The first-order valence-electron chi connectivity index (χ1n) is 10.5. The molecule has 4 N–H and O–H groups in total. The Kier molecular flexibility index (Phi) is 8.42. The number of hydrogen-bond donors (Lipinski definition) is 4. The van der Waals surface area contributed by atoms with E-state index < -0.39 is 29.0 Å². The van der Waals surface area contributed by atoms with Gasteiger partial charge in [-0.2, -0.15) is 0 Å². The summed E-state index contributed by atoms with van der Waals surface area (Å²) in [7, 11) is 0. The molecule has 1 aromatic carbocycles. The van der Waals surface area contributed by atoms with E-state index in [1.807, 2.05) is 19.1 Å². The lowest BCUT2D eigenvalue weighted by Gasteiger charge is -2.32. The minimum atomic E-state index is -1.36. The quantitative estimate of drug-likeness (QED) is 0.317. The highest BCUT2D eigenvalue weighted by Gasteiger charge is 2.33. The average Bonchev–Trinajstić information content (AvgIpc) is 2.69. The van der Waals surface area contributed by atoms with Gasteiger partial charge in [0.1, 0.15) is 17.9 Å². The Morgan fingerprint density at radius 2 is 1.77 bits per heavy atom. The number of aliphatic hydroxyl groups excluding tert-OH is 2.